The molecule has 3 nitrogen and oxygen atoms in total. The highest BCUT2D eigenvalue weighted by molar-refractivity contribution is 6.00. The molecule has 0 spiro atoms. The Labute approximate surface area is 108 Å². The number of hydrogen-bond acceptors (Lipinski definition) is 3. The van der Waals surface area contributed by atoms with Crippen molar-refractivity contribution < 1.29 is 15.0 Å². The standard InChI is InChI=1S/C15H22O3/c1-8-10(16)6-14(4)11(8)15(18)7-13(2,3)5-9(15)12(14)17/h9,12,17-18H,5-7H2,1-4H3. The van der Waals surface area contributed by atoms with Crippen molar-refractivity contribution in [3.05, 3.63) is 11.1 Å². The normalized spacial score (nSPS) is 49.8. The summed E-state index contributed by atoms with van der Waals surface area (Å²) < 4.78 is 0. The van der Waals surface area contributed by atoms with Crippen LogP contribution in [0.2, 0.25) is 0 Å². The molecule has 0 aromatic rings. The second-order valence-electron chi connectivity index (χ2n) is 7.54. The fourth-order valence-corrected chi connectivity index (χ4v) is 4.98. The lowest BCUT2D eigenvalue weighted by atomic mass is 9.76. The lowest BCUT2D eigenvalue weighted by Gasteiger charge is -2.31. The Morgan fingerprint density at radius 1 is 1.28 bits per heavy atom. The van der Waals surface area contributed by atoms with Gasteiger partial charge in [0, 0.05) is 17.8 Å². The summed E-state index contributed by atoms with van der Waals surface area (Å²) in [5.41, 5.74) is 0.0633. The van der Waals surface area contributed by atoms with Crippen molar-refractivity contribution in [3.8, 4) is 0 Å². The van der Waals surface area contributed by atoms with E-state index in [1.807, 2.05) is 6.92 Å². The molecule has 0 heterocycles. The molecule has 2 saturated carbocycles. The molecule has 0 radical (unpaired) electrons. The molecular formula is C15H22O3. The van der Waals surface area contributed by atoms with Gasteiger partial charge >= 0.3 is 0 Å². The van der Waals surface area contributed by atoms with Crippen molar-refractivity contribution in [1.29, 1.82) is 0 Å². The van der Waals surface area contributed by atoms with Crippen molar-refractivity contribution in [2.24, 2.45) is 16.7 Å². The molecule has 100 valence electrons. The summed E-state index contributed by atoms with van der Waals surface area (Å²) >= 11 is 0. The maximum Gasteiger partial charge on any atom is 0.159 e. The third kappa shape index (κ3) is 1.19. The lowest BCUT2D eigenvalue weighted by molar-refractivity contribution is -0.117. The summed E-state index contributed by atoms with van der Waals surface area (Å²) in [6.07, 6.45) is 1.23. The van der Waals surface area contributed by atoms with E-state index in [-0.39, 0.29) is 17.1 Å². The topological polar surface area (TPSA) is 57.5 Å². The van der Waals surface area contributed by atoms with Crippen LogP contribution < -0.4 is 0 Å². The van der Waals surface area contributed by atoms with Crippen LogP contribution >= 0.6 is 0 Å². The van der Waals surface area contributed by atoms with Gasteiger partial charge in [0.15, 0.2) is 5.78 Å². The lowest BCUT2D eigenvalue weighted by Crippen LogP contribution is -2.34. The molecule has 3 aliphatic rings. The molecule has 0 bridgehead atoms. The molecule has 2 fully saturated rings. The summed E-state index contributed by atoms with van der Waals surface area (Å²) in [7, 11) is 0. The Balaban J connectivity index is 2.19. The number of aliphatic hydroxyl groups excluding tert-OH is 1. The molecule has 2 N–H and O–H groups in total. The highest BCUT2D eigenvalue weighted by Gasteiger charge is 2.69. The van der Waals surface area contributed by atoms with Gasteiger partial charge in [0.25, 0.3) is 0 Å². The van der Waals surface area contributed by atoms with Gasteiger partial charge in [-0.25, -0.2) is 0 Å². The van der Waals surface area contributed by atoms with Crippen LogP contribution in [0.3, 0.4) is 0 Å². The summed E-state index contributed by atoms with van der Waals surface area (Å²) in [6, 6.07) is 0. The largest absolute Gasteiger partial charge is 0.392 e. The number of ketones is 1. The predicted molar refractivity (Wildman–Crippen MR) is 67.9 cm³/mol. The van der Waals surface area contributed by atoms with Crippen molar-refractivity contribution in [3.63, 3.8) is 0 Å². The summed E-state index contributed by atoms with van der Waals surface area (Å²) in [5, 5.41) is 21.7. The van der Waals surface area contributed by atoms with Gasteiger partial charge < -0.3 is 10.2 Å². The first-order valence-electron chi connectivity index (χ1n) is 6.77. The first-order chi connectivity index (χ1) is 8.12. The molecule has 18 heavy (non-hydrogen) atoms. The fourth-order valence-electron chi connectivity index (χ4n) is 4.98. The van der Waals surface area contributed by atoms with Crippen LogP contribution in [0, 0.1) is 16.7 Å². The van der Waals surface area contributed by atoms with Gasteiger partial charge in [0.1, 0.15) is 0 Å². The third-order valence-electron chi connectivity index (χ3n) is 5.49. The zero-order valence-electron chi connectivity index (χ0n) is 11.6. The van der Waals surface area contributed by atoms with Gasteiger partial charge in [-0.05, 0) is 36.3 Å². The molecule has 3 heteroatoms. The maximum absolute atomic E-state index is 12.0. The van der Waals surface area contributed by atoms with E-state index in [1.54, 1.807) is 6.92 Å². The van der Waals surface area contributed by atoms with Crippen LogP contribution in [0.4, 0.5) is 0 Å². The van der Waals surface area contributed by atoms with Crippen molar-refractivity contribution in [2.45, 2.75) is 58.7 Å². The van der Waals surface area contributed by atoms with E-state index in [0.29, 0.717) is 18.4 Å². The van der Waals surface area contributed by atoms with Gasteiger partial charge in [-0.15, -0.1) is 0 Å². The molecule has 3 rings (SSSR count). The molecule has 0 aromatic heterocycles. The number of rotatable bonds is 0. The van der Waals surface area contributed by atoms with Gasteiger partial charge in [-0.1, -0.05) is 20.8 Å². The molecule has 0 saturated heterocycles. The minimum Gasteiger partial charge on any atom is -0.392 e. The second kappa shape index (κ2) is 3.07. The fraction of sp³-hybridized carbons (Fsp3) is 0.800. The molecule has 0 amide bonds. The van der Waals surface area contributed by atoms with E-state index >= 15 is 0 Å². The highest BCUT2D eigenvalue weighted by atomic mass is 16.3. The zero-order chi connectivity index (χ0) is 13.5. The number of fused-ring (bicyclic) bond motifs is 3. The van der Waals surface area contributed by atoms with Crippen LogP contribution in [0.1, 0.15) is 47.0 Å². The maximum atomic E-state index is 12.0. The third-order valence-corrected chi connectivity index (χ3v) is 5.49. The Kier molecular flexibility index (Phi) is 2.11. The number of carbonyl (C=O) groups is 1. The quantitative estimate of drug-likeness (QED) is 0.689. The summed E-state index contributed by atoms with van der Waals surface area (Å²) in [4.78, 5) is 12.0. The van der Waals surface area contributed by atoms with E-state index in [4.69, 9.17) is 0 Å². The van der Waals surface area contributed by atoms with Crippen molar-refractivity contribution in [1.82, 2.24) is 0 Å². The predicted octanol–water partition coefficient (Wildman–Crippen LogP) is 1.82. The van der Waals surface area contributed by atoms with Gasteiger partial charge in [-0.3, -0.25) is 4.79 Å². The molecule has 3 aliphatic carbocycles. The minimum absolute atomic E-state index is 0.0284. The summed E-state index contributed by atoms with van der Waals surface area (Å²) in [5.74, 6) is -0.0290. The smallest absolute Gasteiger partial charge is 0.159 e. The summed E-state index contributed by atoms with van der Waals surface area (Å²) in [6.45, 7) is 7.99. The SMILES string of the molecule is CC1=C2C(C)(CC1=O)C(O)C1CC(C)(C)CC21O. The molecule has 0 aromatic carbocycles. The number of Topliss-reactive ketones (excluding diaryl/α,β-unsaturated/α-hetero) is 1. The first-order valence-corrected chi connectivity index (χ1v) is 6.77. The Morgan fingerprint density at radius 2 is 1.89 bits per heavy atom. The van der Waals surface area contributed by atoms with Gasteiger partial charge in [0.05, 0.1) is 11.7 Å². The first kappa shape index (κ1) is 12.4. The molecule has 4 atom stereocenters. The van der Waals surface area contributed by atoms with Gasteiger partial charge in [0.2, 0.25) is 0 Å². The van der Waals surface area contributed by atoms with Crippen LogP contribution in [0.5, 0.6) is 0 Å². The monoisotopic (exact) mass is 250 g/mol. The Bertz CT molecular complexity index is 476. The van der Waals surface area contributed by atoms with E-state index in [1.165, 1.54) is 0 Å². The second-order valence-corrected chi connectivity index (χ2v) is 7.54. The Morgan fingerprint density at radius 3 is 2.50 bits per heavy atom. The average Bonchev–Trinajstić information content (AvgIpc) is 2.64. The number of allylic oxidation sites excluding steroid dienone is 1. The highest BCUT2D eigenvalue weighted by Crippen LogP contribution is 2.66. The number of carbonyl (C=O) groups excluding carboxylic acids is 1. The van der Waals surface area contributed by atoms with Crippen LogP contribution in [-0.2, 0) is 4.79 Å². The molecule has 0 aliphatic heterocycles. The van der Waals surface area contributed by atoms with E-state index in [2.05, 4.69) is 13.8 Å². The van der Waals surface area contributed by atoms with E-state index in [9.17, 15) is 15.0 Å². The number of aliphatic hydroxyl groups is 2. The molecular weight excluding hydrogens is 228 g/mol. The van der Waals surface area contributed by atoms with Crippen LogP contribution in [0.15, 0.2) is 11.1 Å². The van der Waals surface area contributed by atoms with Gasteiger partial charge in [-0.2, -0.15) is 0 Å². The van der Waals surface area contributed by atoms with Crippen LogP contribution in [-0.4, -0.2) is 27.7 Å². The Hall–Kier alpha value is -0.670. The van der Waals surface area contributed by atoms with E-state index < -0.39 is 17.1 Å². The van der Waals surface area contributed by atoms with Crippen molar-refractivity contribution >= 4 is 5.78 Å². The zero-order valence-corrected chi connectivity index (χ0v) is 11.6. The van der Waals surface area contributed by atoms with E-state index in [0.717, 1.165) is 12.0 Å². The van der Waals surface area contributed by atoms with Crippen molar-refractivity contribution in [2.75, 3.05) is 0 Å². The van der Waals surface area contributed by atoms with Crippen LogP contribution in [0.25, 0.3) is 0 Å². The molecule has 4 unspecified atom stereocenters. The minimum atomic E-state index is -0.964. The average molecular weight is 250 g/mol. The number of hydrogen-bond donors (Lipinski definition) is 2.